The molecule has 0 saturated carbocycles. The normalized spacial score (nSPS) is 13.1. The number of esters is 1. The van der Waals surface area contributed by atoms with Crippen LogP contribution in [0.5, 0.6) is 0 Å². The first-order chi connectivity index (χ1) is 11.7. The lowest BCUT2D eigenvalue weighted by Gasteiger charge is -2.08. The Hall–Kier alpha value is -1.31. The van der Waals surface area contributed by atoms with Crippen molar-refractivity contribution in [3.63, 3.8) is 0 Å². The molecule has 0 bridgehead atoms. The lowest BCUT2D eigenvalue weighted by atomic mass is 10.1. The standard InChI is InChI=1S/C19H29N3O2.HI/c1-2-24-18(23)10-5-3-4-6-13-21-19(20)22-17-12-11-15-8-7-9-16(15)14-17;/h11-12,14H,2-10,13H2,1H3,(H3,20,21,22);1H. The molecule has 140 valence electrons. The predicted molar refractivity (Wildman–Crippen MR) is 114 cm³/mol. The number of fused-ring (bicyclic) bond motifs is 1. The number of nitrogens with two attached hydrogens (primary N) is 1. The highest BCUT2D eigenvalue weighted by Crippen LogP contribution is 2.24. The Morgan fingerprint density at radius 3 is 2.76 bits per heavy atom. The Morgan fingerprint density at radius 1 is 1.20 bits per heavy atom. The van der Waals surface area contributed by atoms with Crippen molar-refractivity contribution >= 4 is 41.6 Å². The fraction of sp³-hybridized carbons (Fsp3) is 0.579. The van der Waals surface area contributed by atoms with Gasteiger partial charge < -0.3 is 15.8 Å². The van der Waals surface area contributed by atoms with Crippen LogP contribution < -0.4 is 11.1 Å². The van der Waals surface area contributed by atoms with Crippen molar-refractivity contribution in [2.75, 3.05) is 18.5 Å². The molecule has 1 aliphatic rings. The van der Waals surface area contributed by atoms with E-state index in [-0.39, 0.29) is 29.9 Å². The molecule has 0 unspecified atom stereocenters. The number of anilines is 1. The van der Waals surface area contributed by atoms with Crippen LogP contribution in [0.25, 0.3) is 0 Å². The number of hydrogen-bond acceptors (Lipinski definition) is 3. The van der Waals surface area contributed by atoms with Crippen LogP contribution in [-0.2, 0) is 22.4 Å². The Bertz CT molecular complexity index is 576. The number of halogens is 1. The van der Waals surface area contributed by atoms with Gasteiger partial charge in [0.15, 0.2) is 5.96 Å². The minimum Gasteiger partial charge on any atom is -0.466 e. The quantitative estimate of drug-likeness (QED) is 0.192. The van der Waals surface area contributed by atoms with Crippen molar-refractivity contribution in [1.29, 1.82) is 0 Å². The molecule has 0 aromatic heterocycles. The van der Waals surface area contributed by atoms with Crippen LogP contribution in [0.1, 0.15) is 56.6 Å². The second-order valence-corrected chi connectivity index (χ2v) is 6.20. The van der Waals surface area contributed by atoms with Crippen LogP contribution >= 0.6 is 24.0 Å². The van der Waals surface area contributed by atoms with Crippen LogP contribution in [0.15, 0.2) is 23.2 Å². The van der Waals surface area contributed by atoms with Gasteiger partial charge in [0.25, 0.3) is 0 Å². The van der Waals surface area contributed by atoms with Gasteiger partial charge in [-0.15, -0.1) is 24.0 Å². The Labute approximate surface area is 167 Å². The summed E-state index contributed by atoms with van der Waals surface area (Å²) in [7, 11) is 0. The van der Waals surface area contributed by atoms with Gasteiger partial charge in [0.1, 0.15) is 0 Å². The number of rotatable bonds is 9. The summed E-state index contributed by atoms with van der Waals surface area (Å²) in [6.45, 7) is 3.00. The van der Waals surface area contributed by atoms with Crippen molar-refractivity contribution < 1.29 is 9.53 Å². The molecule has 5 nitrogen and oxygen atoms in total. The van der Waals surface area contributed by atoms with E-state index in [1.807, 2.05) is 6.92 Å². The summed E-state index contributed by atoms with van der Waals surface area (Å²) in [4.78, 5) is 15.6. The Morgan fingerprint density at radius 2 is 1.96 bits per heavy atom. The summed E-state index contributed by atoms with van der Waals surface area (Å²) in [5.74, 6) is 0.373. The van der Waals surface area contributed by atoms with Crippen LogP contribution in [0.2, 0.25) is 0 Å². The van der Waals surface area contributed by atoms with Crippen molar-refractivity contribution in [1.82, 2.24) is 0 Å². The van der Waals surface area contributed by atoms with Gasteiger partial charge in [-0.1, -0.05) is 18.9 Å². The summed E-state index contributed by atoms with van der Waals surface area (Å²) in [5, 5.41) is 3.17. The molecule has 0 heterocycles. The molecular weight excluding hydrogens is 429 g/mol. The third-order valence-electron chi connectivity index (χ3n) is 4.25. The fourth-order valence-electron chi connectivity index (χ4n) is 3.00. The van der Waals surface area contributed by atoms with Gasteiger partial charge in [0.2, 0.25) is 0 Å². The lowest BCUT2D eigenvalue weighted by molar-refractivity contribution is -0.143. The second kappa shape index (κ2) is 12.1. The van der Waals surface area contributed by atoms with E-state index in [9.17, 15) is 4.79 Å². The zero-order valence-corrected chi connectivity index (χ0v) is 17.4. The summed E-state index contributed by atoms with van der Waals surface area (Å²) < 4.78 is 4.90. The molecule has 0 fully saturated rings. The lowest BCUT2D eigenvalue weighted by Crippen LogP contribution is -2.22. The third kappa shape index (κ3) is 8.07. The van der Waals surface area contributed by atoms with Crippen LogP contribution in [0.3, 0.4) is 0 Å². The van der Waals surface area contributed by atoms with Crippen molar-refractivity contribution in [3.05, 3.63) is 29.3 Å². The molecule has 1 aromatic rings. The number of aliphatic imine (C=N–C) groups is 1. The van der Waals surface area contributed by atoms with Gasteiger partial charge in [-0.2, -0.15) is 0 Å². The molecule has 0 amide bonds. The van der Waals surface area contributed by atoms with Gasteiger partial charge in [-0.05, 0) is 62.3 Å². The number of ether oxygens (including phenoxy) is 1. The number of guanidine groups is 1. The van der Waals surface area contributed by atoms with Gasteiger partial charge in [-0.3, -0.25) is 9.79 Å². The topological polar surface area (TPSA) is 76.7 Å². The molecule has 0 aliphatic heterocycles. The Kier molecular flexibility index (Phi) is 10.5. The summed E-state index contributed by atoms with van der Waals surface area (Å²) >= 11 is 0. The molecule has 6 heteroatoms. The molecule has 2 rings (SSSR count). The average molecular weight is 459 g/mol. The van der Waals surface area contributed by atoms with Gasteiger partial charge >= 0.3 is 5.97 Å². The van der Waals surface area contributed by atoms with E-state index in [4.69, 9.17) is 10.5 Å². The molecular formula is C19H30IN3O2. The molecule has 1 aliphatic carbocycles. The van der Waals surface area contributed by atoms with E-state index >= 15 is 0 Å². The maximum absolute atomic E-state index is 11.2. The average Bonchev–Trinajstić information content (AvgIpc) is 3.02. The highest BCUT2D eigenvalue weighted by atomic mass is 127. The molecule has 0 saturated heterocycles. The number of carbonyl (C=O) groups is 1. The third-order valence-corrected chi connectivity index (χ3v) is 4.25. The molecule has 0 atom stereocenters. The van der Waals surface area contributed by atoms with E-state index in [1.54, 1.807) is 0 Å². The minimum absolute atomic E-state index is 0. The summed E-state index contributed by atoms with van der Waals surface area (Å²) in [5.41, 5.74) is 9.85. The first-order valence-electron chi connectivity index (χ1n) is 9.03. The number of carbonyl (C=O) groups excluding carboxylic acids is 1. The van der Waals surface area contributed by atoms with Crippen LogP contribution in [0, 0.1) is 0 Å². The number of unbranched alkanes of at least 4 members (excludes halogenated alkanes) is 3. The highest BCUT2D eigenvalue weighted by molar-refractivity contribution is 14.0. The zero-order chi connectivity index (χ0) is 17.2. The predicted octanol–water partition coefficient (Wildman–Crippen LogP) is 4.03. The van der Waals surface area contributed by atoms with Crippen molar-refractivity contribution in [2.45, 2.75) is 58.3 Å². The van der Waals surface area contributed by atoms with Crippen molar-refractivity contribution in [2.24, 2.45) is 10.7 Å². The van der Waals surface area contributed by atoms with E-state index in [1.165, 1.54) is 24.0 Å². The van der Waals surface area contributed by atoms with Crippen LogP contribution in [-0.4, -0.2) is 25.1 Å². The Balaban J connectivity index is 0.00000312. The van der Waals surface area contributed by atoms with Gasteiger partial charge in [0.05, 0.1) is 6.61 Å². The monoisotopic (exact) mass is 459 g/mol. The first kappa shape index (κ1) is 21.7. The smallest absolute Gasteiger partial charge is 0.305 e. The molecule has 0 spiro atoms. The van der Waals surface area contributed by atoms with E-state index < -0.39 is 0 Å². The maximum Gasteiger partial charge on any atom is 0.305 e. The molecule has 3 N–H and O–H groups in total. The number of nitrogens with one attached hydrogen (secondary N) is 1. The number of nitrogens with zero attached hydrogens (tertiary/aromatic N) is 1. The molecule has 0 radical (unpaired) electrons. The second-order valence-electron chi connectivity index (χ2n) is 6.20. The van der Waals surface area contributed by atoms with Crippen molar-refractivity contribution in [3.8, 4) is 0 Å². The maximum atomic E-state index is 11.2. The summed E-state index contributed by atoms with van der Waals surface area (Å²) in [6, 6.07) is 6.43. The largest absolute Gasteiger partial charge is 0.466 e. The SMILES string of the molecule is CCOC(=O)CCCCCCN=C(N)Nc1ccc2c(c1)CCC2.I. The number of hydrogen-bond donors (Lipinski definition) is 2. The van der Waals surface area contributed by atoms with Crippen LogP contribution in [0.4, 0.5) is 5.69 Å². The van der Waals surface area contributed by atoms with E-state index in [0.29, 0.717) is 25.5 Å². The highest BCUT2D eigenvalue weighted by Gasteiger charge is 2.10. The van der Waals surface area contributed by atoms with E-state index in [0.717, 1.165) is 37.8 Å². The zero-order valence-electron chi connectivity index (χ0n) is 15.1. The first-order valence-corrected chi connectivity index (χ1v) is 9.03. The molecule has 1 aromatic carbocycles. The molecule has 25 heavy (non-hydrogen) atoms. The van der Waals surface area contributed by atoms with E-state index in [2.05, 4.69) is 28.5 Å². The number of aryl methyl sites for hydroxylation is 2. The van der Waals surface area contributed by atoms with Gasteiger partial charge in [-0.25, -0.2) is 0 Å². The minimum atomic E-state index is -0.0988. The summed E-state index contributed by atoms with van der Waals surface area (Å²) in [6.07, 6.45) is 8.04. The fourth-order valence-corrected chi connectivity index (χ4v) is 3.00. The number of benzene rings is 1. The van der Waals surface area contributed by atoms with Gasteiger partial charge in [0, 0.05) is 18.7 Å².